The molecule has 1 aromatic rings. The number of hydrogen-bond donors (Lipinski definition) is 1. The van der Waals surface area contributed by atoms with Gasteiger partial charge in [0.25, 0.3) is 0 Å². The van der Waals surface area contributed by atoms with E-state index in [4.69, 9.17) is 9.84 Å². The Hall–Kier alpha value is -1.71. The van der Waals surface area contributed by atoms with Crippen LogP contribution in [0.25, 0.3) is 0 Å². The van der Waals surface area contributed by atoms with Gasteiger partial charge in [0, 0.05) is 19.3 Å². The van der Waals surface area contributed by atoms with Gasteiger partial charge in [-0.2, -0.15) is 0 Å². The normalized spacial score (nSPS) is 19.1. The number of rotatable bonds is 2. The fourth-order valence-corrected chi connectivity index (χ4v) is 2.15. The van der Waals surface area contributed by atoms with Crippen molar-refractivity contribution in [3.8, 4) is 5.75 Å². The first-order valence-corrected chi connectivity index (χ1v) is 5.22. The molecule has 0 saturated heterocycles. The fourth-order valence-electron chi connectivity index (χ4n) is 2.15. The molecule has 1 aromatic carbocycles. The van der Waals surface area contributed by atoms with Crippen LogP contribution in [-0.4, -0.2) is 31.8 Å². The molecule has 4 heteroatoms. The molecule has 0 bridgehead atoms. The summed E-state index contributed by atoms with van der Waals surface area (Å²) in [5.74, 6) is -0.289. The smallest absolute Gasteiger partial charge is 0.308 e. The highest BCUT2D eigenvalue weighted by molar-refractivity contribution is 5.74. The molecule has 1 N–H and O–H groups in total. The van der Waals surface area contributed by atoms with Gasteiger partial charge in [-0.25, -0.2) is 0 Å². The molecule has 0 aromatic heterocycles. The van der Waals surface area contributed by atoms with Crippen molar-refractivity contribution in [1.29, 1.82) is 0 Å². The van der Waals surface area contributed by atoms with E-state index in [0.717, 1.165) is 17.0 Å². The van der Waals surface area contributed by atoms with Gasteiger partial charge in [-0.15, -0.1) is 0 Å². The van der Waals surface area contributed by atoms with Gasteiger partial charge in [-0.3, -0.25) is 4.79 Å². The Labute approximate surface area is 94.4 Å². The third-order valence-corrected chi connectivity index (χ3v) is 3.01. The van der Waals surface area contributed by atoms with E-state index in [9.17, 15) is 4.79 Å². The zero-order chi connectivity index (χ0) is 11.7. The maximum absolute atomic E-state index is 11.0. The molecule has 0 radical (unpaired) electrons. The molecule has 1 aliphatic heterocycles. The average molecular weight is 221 g/mol. The monoisotopic (exact) mass is 221 g/mol. The van der Waals surface area contributed by atoms with Crippen molar-refractivity contribution in [2.24, 2.45) is 5.92 Å². The number of benzene rings is 1. The fraction of sp³-hybridized carbons (Fsp3) is 0.417. The summed E-state index contributed by atoms with van der Waals surface area (Å²) in [6.07, 6.45) is 0.576. The van der Waals surface area contributed by atoms with Gasteiger partial charge in [-0.05, 0) is 30.2 Å². The molecule has 4 nitrogen and oxygen atoms in total. The zero-order valence-electron chi connectivity index (χ0n) is 9.43. The average Bonchev–Trinajstić information content (AvgIpc) is 2.28. The van der Waals surface area contributed by atoms with Crippen molar-refractivity contribution in [3.05, 3.63) is 23.8 Å². The van der Waals surface area contributed by atoms with Gasteiger partial charge in [0.05, 0.1) is 13.0 Å². The molecule has 2 rings (SSSR count). The Morgan fingerprint density at radius 3 is 2.94 bits per heavy atom. The standard InChI is InChI=1S/C12H15NO3/c1-13-7-9(12(14)15)5-8-6-10(16-2)3-4-11(8)13/h3-4,6,9H,5,7H2,1-2H3,(H,14,15). The molecule has 0 amide bonds. The van der Waals surface area contributed by atoms with Crippen molar-refractivity contribution in [1.82, 2.24) is 0 Å². The predicted molar refractivity (Wildman–Crippen MR) is 61.1 cm³/mol. The maximum atomic E-state index is 11.0. The minimum atomic E-state index is -0.736. The second kappa shape index (κ2) is 4.04. The minimum absolute atomic E-state index is 0.329. The molecule has 1 unspecified atom stereocenters. The Balaban J connectivity index is 2.35. The number of methoxy groups -OCH3 is 1. The SMILES string of the molecule is COc1ccc2c(c1)CC(C(=O)O)CN2C. The first-order chi connectivity index (χ1) is 7.61. The maximum Gasteiger partial charge on any atom is 0.308 e. The number of ether oxygens (including phenoxy) is 1. The molecule has 86 valence electrons. The number of fused-ring (bicyclic) bond motifs is 1. The van der Waals surface area contributed by atoms with Crippen LogP contribution in [0.4, 0.5) is 5.69 Å². The van der Waals surface area contributed by atoms with Crippen LogP contribution in [0.15, 0.2) is 18.2 Å². The topological polar surface area (TPSA) is 49.8 Å². The largest absolute Gasteiger partial charge is 0.497 e. The third kappa shape index (κ3) is 1.83. The second-order valence-corrected chi connectivity index (χ2v) is 4.11. The second-order valence-electron chi connectivity index (χ2n) is 4.11. The van der Waals surface area contributed by atoms with E-state index in [0.29, 0.717) is 13.0 Å². The number of anilines is 1. The van der Waals surface area contributed by atoms with Gasteiger partial charge in [0.15, 0.2) is 0 Å². The van der Waals surface area contributed by atoms with Gasteiger partial charge in [-0.1, -0.05) is 0 Å². The molecule has 1 heterocycles. The first kappa shape index (κ1) is 10.8. The summed E-state index contributed by atoms with van der Waals surface area (Å²) in [6.45, 7) is 0.564. The predicted octanol–water partition coefficient (Wildman–Crippen LogP) is 1.39. The van der Waals surface area contributed by atoms with Crippen molar-refractivity contribution >= 4 is 11.7 Å². The highest BCUT2D eigenvalue weighted by Gasteiger charge is 2.27. The molecule has 0 fully saturated rings. The van der Waals surface area contributed by atoms with E-state index >= 15 is 0 Å². The van der Waals surface area contributed by atoms with Crippen LogP contribution < -0.4 is 9.64 Å². The van der Waals surface area contributed by atoms with Crippen molar-refractivity contribution < 1.29 is 14.6 Å². The summed E-state index contributed by atoms with van der Waals surface area (Å²) in [7, 11) is 3.53. The van der Waals surface area contributed by atoms with E-state index in [2.05, 4.69) is 0 Å². The molecule has 0 spiro atoms. The highest BCUT2D eigenvalue weighted by Crippen LogP contribution is 2.31. The zero-order valence-corrected chi connectivity index (χ0v) is 9.43. The summed E-state index contributed by atoms with van der Waals surface area (Å²) < 4.78 is 5.15. The Bertz CT molecular complexity index is 417. The number of hydrogen-bond acceptors (Lipinski definition) is 3. The minimum Gasteiger partial charge on any atom is -0.497 e. The molecule has 1 aliphatic rings. The number of nitrogens with zero attached hydrogens (tertiary/aromatic N) is 1. The van der Waals surface area contributed by atoms with Gasteiger partial charge in [0.2, 0.25) is 0 Å². The Morgan fingerprint density at radius 1 is 1.56 bits per heavy atom. The van der Waals surface area contributed by atoms with E-state index in [1.54, 1.807) is 7.11 Å². The van der Waals surface area contributed by atoms with Crippen LogP contribution in [0.5, 0.6) is 5.75 Å². The van der Waals surface area contributed by atoms with E-state index in [1.165, 1.54) is 0 Å². The summed E-state index contributed by atoms with van der Waals surface area (Å²) >= 11 is 0. The number of carboxylic acid groups (broad SMARTS) is 1. The lowest BCUT2D eigenvalue weighted by atomic mass is 9.93. The van der Waals surface area contributed by atoms with Crippen LogP contribution in [0.3, 0.4) is 0 Å². The molecule has 0 aliphatic carbocycles. The van der Waals surface area contributed by atoms with E-state index in [-0.39, 0.29) is 5.92 Å². The van der Waals surface area contributed by atoms with Gasteiger partial charge >= 0.3 is 5.97 Å². The quantitative estimate of drug-likeness (QED) is 0.819. The summed E-state index contributed by atoms with van der Waals surface area (Å²) in [6, 6.07) is 5.80. The summed E-state index contributed by atoms with van der Waals surface area (Å²) in [5, 5.41) is 9.05. The Morgan fingerprint density at radius 2 is 2.31 bits per heavy atom. The lowest BCUT2D eigenvalue weighted by Gasteiger charge is -2.31. The summed E-state index contributed by atoms with van der Waals surface area (Å²) in [4.78, 5) is 13.0. The highest BCUT2D eigenvalue weighted by atomic mass is 16.5. The molecule has 16 heavy (non-hydrogen) atoms. The van der Waals surface area contributed by atoms with Crippen LogP contribution in [-0.2, 0) is 11.2 Å². The molecule has 0 saturated carbocycles. The summed E-state index contributed by atoms with van der Waals surface area (Å²) in [5.41, 5.74) is 2.14. The first-order valence-electron chi connectivity index (χ1n) is 5.22. The van der Waals surface area contributed by atoms with Crippen LogP contribution >= 0.6 is 0 Å². The third-order valence-electron chi connectivity index (χ3n) is 3.01. The van der Waals surface area contributed by atoms with E-state index in [1.807, 2.05) is 30.1 Å². The number of carboxylic acids is 1. The van der Waals surface area contributed by atoms with Crippen LogP contribution in [0, 0.1) is 5.92 Å². The van der Waals surface area contributed by atoms with Crippen molar-refractivity contribution in [3.63, 3.8) is 0 Å². The van der Waals surface area contributed by atoms with Crippen molar-refractivity contribution in [2.75, 3.05) is 25.6 Å². The van der Waals surface area contributed by atoms with Crippen molar-refractivity contribution in [2.45, 2.75) is 6.42 Å². The molecular formula is C12H15NO3. The van der Waals surface area contributed by atoms with Gasteiger partial charge < -0.3 is 14.7 Å². The Kier molecular flexibility index (Phi) is 2.73. The van der Waals surface area contributed by atoms with E-state index < -0.39 is 5.97 Å². The number of aliphatic carboxylic acids is 1. The van der Waals surface area contributed by atoms with Crippen LogP contribution in [0.2, 0.25) is 0 Å². The lowest BCUT2D eigenvalue weighted by molar-refractivity contribution is -0.141. The molecule has 1 atom stereocenters. The van der Waals surface area contributed by atoms with Gasteiger partial charge in [0.1, 0.15) is 5.75 Å². The molecular weight excluding hydrogens is 206 g/mol. The van der Waals surface area contributed by atoms with Crippen LogP contribution in [0.1, 0.15) is 5.56 Å². The number of carbonyl (C=O) groups is 1. The lowest BCUT2D eigenvalue weighted by Crippen LogP contribution is -2.36.